The molecule has 12 heteroatoms. The van der Waals surface area contributed by atoms with Crippen molar-refractivity contribution in [3.8, 4) is 11.3 Å². The number of amides is 1. The summed E-state index contributed by atoms with van der Waals surface area (Å²) in [7, 11) is 0. The van der Waals surface area contributed by atoms with E-state index in [9.17, 15) is 4.79 Å². The minimum atomic E-state index is -0.524. The third-order valence-corrected chi connectivity index (χ3v) is 5.80. The maximum absolute atomic E-state index is 12.4. The number of nitrogens with one attached hydrogen (secondary N) is 2. The van der Waals surface area contributed by atoms with E-state index in [0.717, 1.165) is 12.8 Å². The molecule has 2 aromatic rings. The van der Waals surface area contributed by atoms with Crippen molar-refractivity contribution in [3.05, 3.63) is 18.0 Å². The number of nitrogen functional groups attached to an aromatic ring is 1. The standard InChI is InChI=1S/C23H33N9O3/c1-23(2,3)35-22(33)32-6-4-16(5-7-32)28-19-17(12-24)18(15-13-26-20(25)27-14-15)29-21(30-19)31-8-10-34-11-9-31/h12-14,16,24H,4-11H2,1-3H3,(H2,25,26,27)(H,28,29,30). The minimum absolute atomic E-state index is 0.0790. The molecule has 1 amide bonds. The maximum Gasteiger partial charge on any atom is 0.410 e. The topological polar surface area (TPSA) is 155 Å². The molecule has 2 fully saturated rings. The second-order valence-corrected chi connectivity index (χ2v) is 9.59. The van der Waals surface area contributed by atoms with Gasteiger partial charge in [0.25, 0.3) is 0 Å². The summed E-state index contributed by atoms with van der Waals surface area (Å²) in [4.78, 5) is 34.0. The molecule has 2 aliphatic rings. The van der Waals surface area contributed by atoms with Crippen LogP contribution in [0.1, 0.15) is 39.2 Å². The Morgan fingerprint density at radius 1 is 1.17 bits per heavy atom. The molecule has 0 aliphatic carbocycles. The second-order valence-electron chi connectivity index (χ2n) is 9.59. The van der Waals surface area contributed by atoms with E-state index in [4.69, 9.17) is 30.6 Å². The van der Waals surface area contributed by atoms with Gasteiger partial charge in [-0.05, 0) is 33.6 Å². The number of anilines is 3. The van der Waals surface area contributed by atoms with Crippen molar-refractivity contribution in [2.75, 3.05) is 55.3 Å². The zero-order valence-electron chi connectivity index (χ0n) is 20.5. The van der Waals surface area contributed by atoms with E-state index < -0.39 is 5.60 Å². The lowest BCUT2D eigenvalue weighted by Gasteiger charge is -2.34. The summed E-state index contributed by atoms with van der Waals surface area (Å²) in [6.07, 6.45) is 5.61. The quantitative estimate of drug-likeness (QED) is 0.539. The number of ether oxygens (including phenoxy) is 2. The Kier molecular flexibility index (Phi) is 7.29. The van der Waals surface area contributed by atoms with Gasteiger partial charge >= 0.3 is 6.09 Å². The van der Waals surface area contributed by atoms with E-state index >= 15 is 0 Å². The summed E-state index contributed by atoms with van der Waals surface area (Å²) in [6, 6.07) is 0.0790. The van der Waals surface area contributed by atoms with Crippen LogP contribution in [0, 0.1) is 5.41 Å². The number of carbonyl (C=O) groups is 1. The van der Waals surface area contributed by atoms with Crippen LogP contribution in [-0.2, 0) is 9.47 Å². The average molecular weight is 484 g/mol. The van der Waals surface area contributed by atoms with Gasteiger partial charge in [0.15, 0.2) is 0 Å². The molecule has 0 aromatic carbocycles. The van der Waals surface area contributed by atoms with Gasteiger partial charge in [0, 0.05) is 56.4 Å². The van der Waals surface area contributed by atoms with Crippen molar-refractivity contribution in [1.29, 1.82) is 5.41 Å². The van der Waals surface area contributed by atoms with Gasteiger partial charge in [0.1, 0.15) is 11.4 Å². The van der Waals surface area contributed by atoms with Crippen LogP contribution in [0.25, 0.3) is 11.3 Å². The molecule has 0 radical (unpaired) electrons. The Balaban J connectivity index is 1.58. The van der Waals surface area contributed by atoms with Gasteiger partial charge < -0.3 is 35.7 Å². The van der Waals surface area contributed by atoms with Crippen LogP contribution in [0.3, 0.4) is 0 Å². The van der Waals surface area contributed by atoms with Crippen molar-refractivity contribution in [1.82, 2.24) is 24.8 Å². The monoisotopic (exact) mass is 483 g/mol. The average Bonchev–Trinajstić information content (AvgIpc) is 2.84. The molecule has 0 spiro atoms. The van der Waals surface area contributed by atoms with Crippen LogP contribution in [0.4, 0.5) is 22.5 Å². The first-order chi connectivity index (χ1) is 16.7. The van der Waals surface area contributed by atoms with Gasteiger partial charge in [-0.25, -0.2) is 19.7 Å². The normalized spacial score (nSPS) is 17.2. The molecule has 4 N–H and O–H groups in total. The molecule has 188 valence electrons. The van der Waals surface area contributed by atoms with E-state index in [1.54, 1.807) is 17.3 Å². The molecule has 12 nitrogen and oxygen atoms in total. The SMILES string of the molecule is CC(C)(C)OC(=O)N1CCC(Nc2nc(N3CCOCC3)nc(-c3cnc(N)nc3)c2C=N)CC1. The van der Waals surface area contributed by atoms with E-state index in [-0.39, 0.29) is 18.1 Å². The second kappa shape index (κ2) is 10.4. The number of nitrogens with zero attached hydrogens (tertiary/aromatic N) is 6. The first kappa shape index (κ1) is 24.6. The summed E-state index contributed by atoms with van der Waals surface area (Å²) >= 11 is 0. The highest BCUT2D eigenvalue weighted by molar-refractivity contribution is 5.93. The van der Waals surface area contributed by atoms with Crippen LogP contribution in [-0.4, -0.2) is 88.2 Å². The molecule has 4 rings (SSSR count). The lowest BCUT2D eigenvalue weighted by Crippen LogP contribution is -2.44. The molecule has 4 heterocycles. The largest absolute Gasteiger partial charge is 0.444 e. The number of likely N-dealkylation sites (tertiary alicyclic amines) is 1. The van der Waals surface area contributed by atoms with Crippen molar-refractivity contribution in [3.63, 3.8) is 0 Å². The van der Waals surface area contributed by atoms with E-state index in [2.05, 4.69) is 20.2 Å². The van der Waals surface area contributed by atoms with Gasteiger partial charge in [-0.3, -0.25) is 0 Å². The summed E-state index contributed by atoms with van der Waals surface area (Å²) in [5, 5.41) is 11.6. The van der Waals surface area contributed by atoms with Gasteiger partial charge in [-0.15, -0.1) is 0 Å². The molecule has 0 atom stereocenters. The summed E-state index contributed by atoms with van der Waals surface area (Å²) in [6.45, 7) is 9.29. The number of carbonyl (C=O) groups excluding carboxylic acids is 1. The molecule has 2 saturated heterocycles. The zero-order valence-corrected chi connectivity index (χ0v) is 20.5. The van der Waals surface area contributed by atoms with Crippen molar-refractivity contribution in [2.24, 2.45) is 0 Å². The number of aromatic nitrogens is 4. The number of hydrogen-bond acceptors (Lipinski definition) is 11. The molecule has 0 unspecified atom stereocenters. The molecule has 0 bridgehead atoms. The Bertz CT molecular complexity index is 1040. The van der Waals surface area contributed by atoms with Gasteiger partial charge in [0.2, 0.25) is 11.9 Å². The van der Waals surface area contributed by atoms with Gasteiger partial charge in [0.05, 0.1) is 24.5 Å². The fourth-order valence-corrected chi connectivity index (χ4v) is 4.02. The van der Waals surface area contributed by atoms with E-state index in [0.29, 0.717) is 68.0 Å². The number of morpholine rings is 1. The molecule has 2 aliphatic heterocycles. The number of hydrogen-bond donors (Lipinski definition) is 3. The smallest absolute Gasteiger partial charge is 0.410 e. The highest BCUT2D eigenvalue weighted by atomic mass is 16.6. The van der Waals surface area contributed by atoms with E-state index in [1.165, 1.54) is 6.21 Å². The molecular weight excluding hydrogens is 450 g/mol. The summed E-state index contributed by atoms with van der Waals surface area (Å²) < 4.78 is 11.0. The number of rotatable bonds is 5. The first-order valence-corrected chi connectivity index (χ1v) is 11.8. The predicted octanol–water partition coefficient (Wildman–Crippen LogP) is 2.16. The Labute approximate surface area is 204 Å². The molecular formula is C23H33N9O3. The Hall–Kier alpha value is -3.54. The van der Waals surface area contributed by atoms with Crippen molar-refractivity contribution in [2.45, 2.75) is 45.3 Å². The highest BCUT2D eigenvalue weighted by Gasteiger charge is 2.28. The fourth-order valence-electron chi connectivity index (χ4n) is 4.02. The first-order valence-electron chi connectivity index (χ1n) is 11.8. The lowest BCUT2D eigenvalue weighted by atomic mass is 10.0. The summed E-state index contributed by atoms with van der Waals surface area (Å²) in [5.74, 6) is 1.29. The highest BCUT2D eigenvalue weighted by Crippen LogP contribution is 2.29. The number of nitrogens with two attached hydrogens (primary N) is 1. The van der Waals surface area contributed by atoms with Crippen LogP contribution >= 0.6 is 0 Å². The fraction of sp³-hybridized carbons (Fsp3) is 0.565. The van der Waals surface area contributed by atoms with Crippen molar-refractivity contribution >= 4 is 30.0 Å². The van der Waals surface area contributed by atoms with Crippen LogP contribution in [0.5, 0.6) is 0 Å². The van der Waals surface area contributed by atoms with E-state index in [1.807, 2.05) is 20.8 Å². The Morgan fingerprint density at radius 3 is 2.43 bits per heavy atom. The third-order valence-electron chi connectivity index (χ3n) is 5.80. The van der Waals surface area contributed by atoms with Crippen molar-refractivity contribution < 1.29 is 14.3 Å². The summed E-state index contributed by atoms with van der Waals surface area (Å²) in [5.41, 5.74) is 6.90. The lowest BCUT2D eigenvalue weighted by molar-refractivity contribution is 0.0210. The number of piperidine rings is 1. The molecule has 0 saturated carbocycles. The minimum Gasteiger partial charge on any atom is -0.444 e. The van der Waals surface area contributed by atoms with Gasteiger partial charge in [-0.2, -0.15) is 4.98 Å². The van der Waals surface area contributed by atoms with Crippen LogP contribution in [0.15, 0.2) is 12.4 Å². The Morgan fingerprint density at radius 2 is 1.83 bits per heavy atom. The molecule has 2 aromatic heterocycles. The predicted molar refractivity (Wildman–Crippen MR) is 133 cm³/mol. The zero-order chi connectivity index (χ0) is 25.0. The molecule has 35 heavy (non-hydrogen) atoms. The van der Waals surface area contributed by atoms with Crippen LogP contribution in [0.2, 0.25) is 0 Å². The third kappa shape index (κ3) is 6.13. The van der Waals surface area contributed by atoms with Crippen LogP contribution < -0.4 is 16.0 Å². The van der Waals surface area contributed by atoms with Gasteiger partial charge in [-0.1, -0.05) is 0 Å². The maximum atomic E-state index is 12.4.